The standard InChI is InChI=1S/C18H14ClFO3S/c19-24(21,22)18-9-8-15(20)12-17(18)23-11-10-14-6-3-5-13-4-1-2-7-16(13)14/h1-9,12H,10-11H2. The van der Waals surface area contributed by atoms with Gasteiger partial charge in [0.2, 0.25) is 0 Å². The van der Waals surface area contributed by atoms with E-state index in [9.17, 15) is 12.8 Å². The van der Waals surface area contributed by atoms with Gasteiger partial charge in [-0.1, -0.05) is 42.5 Å². The molecule has 0 bridgehead atoms. The van der Waals surface area contributed by atoms with Gasteiger partial charge in [0.05, 0.1) is 6.61 Å². The van der Waals surface area contributed by atoms with E-state index >= 15 is 0 Å². The molecule has 3 nitrogen and oxygen atoms in total. The summed E-state index contributed by atoms with van der Waals surface area (Å²) in [5.41, 5.74) is 1.07. The van der Waals surface area contributed by atoms with Gasteiger partial charge >= 0.3 is 0 Å². The van der Waals surface area contributed by atoms with Gasteiger partial charge in [-0.15, -0.1) is 0 Å². The summed E-state index contributed by atoms with van der Waals surface area (Å²) in [4.78, 5) is -0.233. The van der Waals surface area contributed by atoms with Crippen LogP contribution >= 0.6 is 10.7 Å². The summed E-state index contributed by atoms with van der Waals surface area (Å²) < 4.78 is 41.9. The lowest BCUT2D eigenvalue weighted by Crippen LogP contribution is -2.05. The van der Waals surface area contributed by atoms with E-state index in [2.05, 4.69) is 0 Å². The van der Waals surface area contributed by atoms with Gasteiger partial charge in [-0.3, -0.25) is 0 Å². The van der Waals surface area contributed by atoms with Gasteiger partial charge in [-0.05, 0) is 28.5 Å². The largest absolute Gasteiger partial charge is 0.492 e. The minimum Gasteiger partial charge on any atom is -0.492 e. The molecule has 0 fully saturated rings. The third kappa shape index (κ3) is 3.68. The zero-order chi connectivity index (χ0) is 17.2. The summed E-state index contributed by atoms with van der Waals surface area (Å²) in [5.74, 6) is -0.663. The molecule has 124 valence electrons. The van der Waals surface area contributed by atoms with Crippen LogP contribution in [0.2, 0.25) is 0 Å². The third-order valence-corrected chi connectivity index (χ3v) is 5.04. The molecule has 0 heterocycles. The number of halogens is 2. The molecule has 0 spiro atoms. The van der Waals surface area contributed by atoms with Crippen LogP contribution in [0.3, 0.4) is 0 Å². The van der Waals surface area contributed by atoms with E-state index < -0.39 is 14.9 Å². The number of hydrogen-bond acceptors (Lipinski definition) is 3. The summed E-state index contributed by atoms with van der Waals surface area (Å²) in [6.07, 6.45) is 0.555. The highest BCUT2D eigenvalue weighted by atomic mass is 35.7. The zero-order valence-electron chi connectivity index (χ0n) is 12.6. The van der Waals surface area contributed by atoms with Crippen molar-refractivity contribution >= 4 is 30.5 Å². The monoisotopic (exact) mass is 364 g/mol. The minimum atomic E-state index is -4.00. The number of rotatable bonds is 5. The van der Waals surface area contributed by atoms with Gasteiger partial charge in [-0.2, -0.15) is 0 Å². The molecular weight excluding hydrogens is 351 g/mol. The fourth-order valence-corrected chi connectivity index (χ4v) is 3.55. The molecule has 0 aliphatic carbocycles. The van der Waals surface area contributed by atoms with E-state index in [1.165, 1.54) is 0 Å². The van der Waals surface area contributed by atoms with E-state index in [0.717, 1.165) is 34.5 Å². The molecule has 24 heavy (non-hydrogen) atoms. The molecular formula is C18H14ClFO3S. The molecule has 0 saturated heterocycles. The van der Waals surface area contributed by atoms with E-state index in [4.69, 9.17) is 15.4 Å². The van der Waals surface area contributed by atoms with Gasteiger partial charge in [-0.25, -0.2) is 12.8 Å². The molecule has 0 atom stereocenters. The first kappa shape index (κ1) is 16.7. The molecule has 3 aromatic rings. The van der Waals surface area contributed by atoms with Crippen LogP contribution in [0.15, 0.2) is 65.6 Å². The van der Waals surface area contributed by atoms with Crippen LogP contribution in [0.4, 0.5) is 4.39 Å². The average molecular weight is 365 g/mol. The van der Waals surface area contributed by atoms with Crippen LogP contribution in [0, 0.1) is 5.82 Å². The zero-order valence-corrected chi connectivity index (χ0v) is 14.1. The first-order chi connectivity index (χ1) is 11.4. The smallest absolute Gasteiger partial charge is 0.264 e. The highest BCUT2D eigenvalue weighted by Crippen LogP contribution is 2.28. The summed E-state index contributed by atoms with van der Waals surface area (Å²) in [7, 11) is 1.36. The Morgan fingerprint density at radius 2 is 1.75 bits per heavy atom. The van der Waals surface area contributed by atoms with E-state index in [-0.39, 0.29) is 17.3 Å². The Kier molecular flexibility index (Phi) is 4.73. The Morgan fingerprint density at radius 1 is 1.00 bits per heavy atom. The van der Waals surface area contributed by atoms with E-state index in [1.807, 2.05) is 42.5 Å². The first-order valence-corrected chi connectivity index (χ1v) is 9.60. The average Bonchev–Trinajstić information content (AvgIpc) is 2.54. The quantitative estimate of drug-likeness (QED) is 0.625. The van der Waals surface area contributed by atoms with Crippen molar-refractivity contribution in [1.29, 1.82) is 0 Å². The molecule has 0 N–H and O–H groups in total. The number of benzene rings is 3. The van der Waals surface area contributed by atoms with Crippen molar-refractivity contribution in [1.82, 2.24) is 0 Å². The second-order valence-electron chi connectivity index (χ2n) is 5.27. The van der Waals surface area contributed by atoms with E-state index in [0.29, 0.717) is 6.42 Å². The maximum Gasteiger partial charge on any atom is 0.264 e. The lowest BCUT2D eigenvalue weighted by Gasteiger charge is -2.11. The van der Waals surface area contributed by atoms with Gasteiger partial charge in [0.1, 0.15) is 16.5 Å². The van der Waals surface area contributed by atoms with Crippen molar-refractivity contribution in [3.8, 4) is 5.75 Å². The molecule has 0 aliphatic rings. The van der Waals surface area contributed by atoms with Gasteiger partial charge < -0.3 is 4.74 Å². The Bertz CT molecular complexity index is 981. The lowest BCUT2D eigenvalue weighted by molar-refractivity contribution is 0.312. The predicted molar refractivity (Wildman–Crippen MR) is 92.6 cm³/mol. The highest BCUT2D eigenvalue weighted by Gasteiger charge is 2.17. The topological polar surface area (TPSA) is 43.4 Å². The Hall–Kier alpha value is -2.11. The summed E-state index contributed by atoms with van der Waals surface area (Å²) in [6, 6.07) is 17.1. The molecule has 3 rings (SSSR count). The van der Waals surface area contributed by atoms with Gasteiger partial charge in [0, 0.05) is 23.2 Å². The fraction of sp³-hybridized carbons (Fsp3) is 0.111. The van der Waals surface area contributed by atoms with Crippen molar-refractivity contribution in [2.45, 2.75) is 11.3 Å². The first-order valence-electron chi connectivity index (χ1n) is 7.29. The summed E-state index contributed by atoms with van der Waals surface area (Å²) in [6.45, 7) is 0.205. The van der Waals surface area contributed by atoms with Crippen LogP contribution in [0.5, 0.6) is 5.75 Å². The number of ether oxygens (including phenoxy) is 1. The second kappa shape index (κ2) is 6.79. The summed E-state index contributed by atoms with van der Waals surface area (Å²) >= 11 is 0. The lowest BCUT2D eigenvalue weighted by atomic mass is 10.0. The number of hydrogen-bond donors (Lipinski definition) is 0. The maximum atomic E-state index is 13.4. The molecule has 3 aromatic carbocycles. The molecule has 0 unspecified atom stereocenters. The minimum absolute atomic E-state index is 0.0785. The van der Waals surface area contributed by atoms with Crippen LogP contribution in [-0.4, -0.2) is 15.0 Å². The Balaban J connectivity index is 1.81. The van der Waals surface area contributed by atoms with Crippen molar-refractivity contribution < 1.29 is 17.5 Å². The van der Waals surface area contributed by atoms with Gasteiger partial charge in [0.15, 0.2) is 0 Å². The molecule has 0 radical (unpaired) electrons. The molecule has 0 aromatic heterocycles. The third-order valence-electron chi connectivity index (χ3n) is 3.68. The predicted octanol–water partition coefficient (Wildman–Crippen LogP) is 4.53. The Labute approximate surface area is 144 Å². The van der Waals surface area contributed by atoms with Crippen LogP contribution in [-0.2, 0) is 15.5 Å². The summed E-state index contributed by atoms with van der Waals surface area (Å²) in [5, 5.41) is 2.22. The maximum absolute atomic E-state index is 13.4. The second-order valence-corrected chi connectivity index (χ2v) is 7.80. The van der Waals surface area contributed by atoms with Crippen LogP contribution in [0.25, 0.3) is 10.8 Å². The molecule has 0 aliphatic heterocycles. The number of fused-ring (bicyclic) bond motifs is 1. The van der Waals surface area contributed by atoms with E-state index in [1.54, 1.807) is 0 Å². The van der Waals surface area contributed by atoms with Crippen molar-refractivity contribution in [3.05, 3.63) is 72.0 Å². The van der Waals surface area contributed by atoms with Crippen molar-refractivity contribution in [2.75, 3.05) is 6.61 Å². The molecule has 6 heteroatoms. The highest BCUT2D eigenvalue weighted by molar-refractivity contribution is 8.13. The van der Waals surface area contributed by atoms with Crippen LogP contribution in [0.1, 0.15) is 5.56 Å². The van der Waals surface area contributed by atoms with Crippen molar-refractivity contribution in [3.63, 3.8) is 0 Å². The SMILES string of the molecule is O=S(=O)(Cl)c1ccc(F)cc1OCCc1cccc2ccccc12. The fourth-order valence-electron chi connectivity index (χ4n) is 2.58. The van der Waals surface area contributed by atoms with Crippen LogP contribution < -0.4 is 4.74 Å². The Morgan fingerprint density at radius 3 is 2.54 bits per heavy atom. The molecule has 0 amide bonds. The van der Waals surface area contributed by atoms with Crippen molar-refractivity contribution in [2.24, 2.45) is 0 Å². The van der Waals surface area contributed by atoms with Gasteiger partial charge in [0.25, 0.3) is 9.05 Å². The molecule has 0 saturated carbocycles. The normalized spacial score (nSPS) is 11.6.